The molecule has 5 aliphatic rings. The summed E-state index contributed by atoms with van der Waals surface area (Å²) in [5.74, 6) is -0.578. The van der Waals surface area contributed by atoms with Crippen LogP contribution in [-0.4, -0.2) is 119 Å². The number of carbonyl (C=O) groups is 5. The zero-order valence-corrected chi connectivity index (χ0v) is 37.1. The lowest BCUT2D eigenvalue weighted by Crippen LogP contribution is -2.54. The molecule has 3 N–H and O–H groups in total. The number of ether oxygens (including phenoxy) is 1. The molecule has 4 fully saturated rings. The summed E-state index contributed by atoms with van der Waals surface area (Å²) in [5.41, 5.74) is 2.72. The number of benzene rings is 2. The maximum atomic E-state index is 13.7. The number of nitrogens with zero attached hydrogens (tertiary/aromatic N) is 7. The van der Waals surface area contributed by atoms with Crippen LogP contribution in [0.4, 0.5) is 23.1 Å². The fourth-order valence-electron chi connectivity index (χ4n) is 10.2. The Morgan fingerprint density at radius 3 is 2.45 bits per heavy atom. The number of piperidine rings is 3. The van der Waals surface area contributed by atoms with Crippen molar-refractivity contribution in [2.75, 3.05) is 74.6 Å². The van der Waals surface area contributed by atoms with Crippen LogP contribution in [0, 0.1) is 11.3 Å². The van der Waals surface area contributed by atoms with E-state index in [1.54, 1.807) is 29.0 Å². The standard InChI is InChI=1S/C46H53ClN10O7/c1-27(2)56-33-8-7-30(21-29(33)22-36(43(56)62)64-25-38(59)48-3)50-40-32(47)23-49-45(52-40)55-20-15-46(26-55)13-18-53(19-14-46)24-28-11-16-54(17-12-28)34-6-4-5-31-39(34)44(63)57(42(31)61)35-9-10-37(58)51-41(35)60/h4-8,21-23,27-28,35H,9-20,24-26H2,1-3H3,(H,48,59)(H,49,50,52)(H,51,58,60). The summed E-state index contributed by atoms with van der Waals surface area (Å²) in [6.45, 7) is 9.89. The third-order valence-electron chi connectivity index (χ3n) is 13.7. The number of rotatable bonds is 11. The summed E-state index contributed by atoms with van der Waals surface area (Å²) in [6.07, 6.45) is 7.02. The SMILES string of the molecule is CNC(=O)COc1cc2cc(Nc3nc(N4CCC5(CCN(CC6CCN(c7cccc8c7C(=O)N(C7CCC(=O)NC7=O)C8=O)CC6)CC5)C4)ncc3Cl)ccc2n(C(C)C)c1=O. The minimum absolute atomic E-state index is 0.0861. The van der Waals surface area contributed by atoms with Crippen molar-refractivity contribution in [3.63, 3.8) is 0 Å². The number of halogens is 1. The molecule has 64 heavy (non-hydrogen) atoms. The van der Waals surface area contributed by atoms with E-state index in [9.17, 15) is 28.8 Å². The van der Waals surface area contributed by atoms with E-state index >= 15 is 0 Å². The molecule has 0 radical (unpaired) electrons. The normalized spacial score (nSPS) is 20.4. The fourth-order valence-corrected chi connectivity index (χ4v) is 10.3. The van der Waals surface area contributed by atoms with E-state index < -0.39 is 29.7 Å². The Hall–Kier alpha value is -6.07. The van der Waals surface area contributed by atoms with Gasteiger partial charge < -0.3 is 34.6 Å². The van der Waals surface area contributed by atoms with E-state index in [0.717, 1.165) is 105 Å². The number of amides is 5. The predicted molar refractivity (Wildman–Crippen MR) is 241 cm³/mol. The van der Waals surface area contributed by atoms with E-state index in [-0.39, 0.29) is 48.1 Å². The number of fused-ring (bicyclic) bond motifs is 2. The van der Waals surface area contributed by atoms with Gasteiger partial charge in [0.05, 0.1) is 28.5 Å². The maximum absolute atomic E-state index is 13.7. The minimum atomic E-state index is -0.987. The van der Waals surface area contributed by atoms with Crippen LogP contribution in [-0.2, 0) is 14.4 Å². The van der Waals surface area contributed by atoms with Crippen molar-refractivity contribution in [3.05, 3.63) is 75.2 Å². The van der Waals surface area contributed by atoms with Crippen LogP contribution in [0.1, 0.15) is 85.6 Å². The zero-order chi connectivity index (χ0) is 44.9. The molecule has 2 aromatic carbocycles. The number of hydrogen-bond donors (Lipinski definition) is 3. The van der Waals surface area contributed by atoms with Crippen LogP contribution in [0.2, 0.25) is 5.02 Å². The number of aromatic nitrogens is 3. The fraction of sp³-hybridized carbons (Fsp3) is 0.478. The van der Waals surface area contributed by atoms with Crippen LogP contribution in [0.25, 0.3) is 10.9 Å². The monoisotopic (exact) mass is 892 g/mol. The molecule has 4 aromatic rings. The Morgan fingerprint density at radius 2 is 1.72 bits per heavy atom. The highest BCUT2D eigenvalue weighted by Crippen LogP contribution is 2.43. The van der Waals surface area contributed by atoms with Gasteiger partial charge in [0, 0.05) is 63.3 Å². The largest absolute Gasteiger partial charge is 0.478 e. The molecule has 7 heterocycles. The lowest BCUT2D eigenvalue weighted by atomic mass is 9.77. The van der Waals surface area contributed by atoms with Gasteiger partial charge in [-0.25, -0.2) is 4.98 Å². The van der Waals surface area contributed by atoms with Crippen molar-refractivity contribution in [1.29, 1.82) is 0 Å². The molecule has 0 aliphatic carbocycles. The molecule has 17 nitrogen and oxygen atoms in total. The number of imide groups is 2. The van der Waals surface area contributed by atoms with Gasteiger partial charge in [0.15, 0.2) is 18.2 Å². The second-order valence-corrected chi connectivity index (χ2v) is 18.5. The summed E-state index contributed by atoms with van der Waals surface area (Å²) < 4.78 is 7.28. The van der Waals surface area contributed by atoms with E-state index in [0.29, 0.717) is 33.8 Å². The Labute approximate surface area is 375 Å². The summed E-state index contributed by atoms with van der Waals surface area (Å²) >= 11 is 6.65. The van der Waals surface area contributed by atoms with Gasteiger partial charge in [-0.1, -0.05) is 17.7 Å². The third kappa shape index (κ3) is 8.26. The Bertz CT molecular complexity index is 2600. The first-order chi connectivity index (χ1) is 30.8. The molecular formula is C46H53ClN10O7. The van der Waals surface area contributed by atoms with Gasteiger partial charge in [0.1, 0.15) is 11.1 Å². The zero-order valence-electron chi connectivity index (χ0n) is 36.3. The smallest absolute Gasteiger partial charge is 0.293 e. The first-order valence-corrected chi connectivity index (χ1v) is 22.6. The molecule has 1 atom stereocenters. The van der Waals surface area contributed by atoms with Crippen molar-refractivity contribution < 1.29 is 28.7 Å². The van der Waals surface area contributed by atoms with Gasteiger partial charge in [-0.2, -0.15) is 4.98 Å². The van der Waals surface area contributed by atoms with Crippen molar-refractivity contribution in [2.45, 2.75) is 70.9 Å². The number of carbonyl (C=O) groups excluding carboxylic acids is 5. The van der Waals surface area contributed by atoms with Crippen molar-refractivity contribution in [1.82, 2.24) is 35.0 Å². The van der Waals surface area contributed by atoms with Crippen LogP contribution in [0.3, 0.4) is 0 Å². The molecule has 1 unspecified atom stereocenters. The highest BCUT2D eigenvalue weighted by molar-refractivity contribution is 6.33. The highest BCUT2D eigenvalue weighted by atomic mass is 35.5. The quantitative estimate of drug-likeness (QED) is 0.179. The highest BCUT2D eigenvalue weighted by Gasteiger charge is 2.47. The van der Waals surface area contributed by atoms with Crippen molar-refractivity contribution in [3.8, 4) is 5.75 Å². The molecular weight excluding hydrogens is 840 g/mol. The predicted octanol–water partition coefficient (Wildman–Crippen LogP) is 4.50. The van der Waals surface area contributed by atoms with Gasteiger partial charge in [0.2, 0.25) is 17.8 Å². The molecule has 4 saturated heterocycles. The number of likely N-dealkylation sites (tertiary alicyclic amines) is 1. The van der Waals surface area contributed by atoms with E-state index in [4.69, 9.17) is 21.3 Å². The topological polar surface area (TPSA) is 191 Å². The lowest BCUT2D eigenvalue weighted by molar-refractivity contribution is -0.136. The summed E-state index contributed by atoms with van der Waals surface area (Å²) in [5, 5.41) is 9.28. The van der Waals surface area contributed by atoms with Gasteiger partial charge in [0.25, 0.3) is 23.3 Å². The Balaban J connectivity index is 0.793. The minimum Gasteiger partial charge on any atom is -0.478 e. The van der Waals surface area contributed by atoms with Crippen LogP contribution in [0.15, 0.2) is 53.5 Å². The summed E-state index contributed by atoms with van der Waals surface area (Å²) in [7, 11) is 1.51. The van der Waals surface area contributed by atoms with Crippen LogP contribution in [0.5, 0.6) is 5.75 Å². The third-order valence-corrected chi connectivity index (χ3v) is 14.0. The van der Waals surface area contributed by atoms with Gasteiger partial charge >= 0.3 is 0 Å². The molecule has 5 aliphatic heterocycles. The van der Waals surface area contributed by atoms with Gasteiger partial charge in [-0.05, 0) is 113 Å². The van der Waals surface area contributed by atoms with Crippen LogP contribution >= 0.6 is 11.6 Å². The van der Waals surface area contributed by atoms with E-state index in [1.165, 1.54) is 7.05 Å². The number of anilines is 4. The first kappa shape index (κ1) is 43.2. The maximum Gasteiger partial charge on any atom is 0.293 e. The first-order valence-electron chi connectivity index (χ1n) is 22.2. The molecule has 9 rings (SSSR count). The number of nitrogens with one attached hydrogen (secondary N) is 3. The summed E-state index contributed by atoms with van der Waals surface area (Å²) in [6, 6.07) is 11.5. The van der Waals surface area contributed by atoms with Gasteiger partial charge in [-0.3, -0.25) is 39.0 Å². The second kappa shape index (κ2) is 17.5. The molecule has 336 valence electrons. The van der Waals surface area contributed by atoms with E-state index in [2.05, 4.69) is 35.6 Å². The average Bonchev–Trinajstić information content (AvgIpc) is 3.81. The van der Waals surface area contributed by atoms with Crippen molar-refractivity contribution >= 4 is 75.2 Å². The molecule has 5 amide bonds. The van der Waals surface area contributed by atoms with Crippen molar-refractivity contribution in [2.24, 2.45) is 11.3 Å². The summed E-state index contributed by atoms with van der Waals surface area (Å²) in [4.78, 5) is 94.2. The van der Waals surface area contributed by atoms with E-state index in [1.807, 2.05) is 38.1 Å². The second-order valence-electron chi connectivity index (χ2n) is 18.1. The Morgan fingerprint density at radius 1 is 0.953 bits per heavy atom. The molecule has 1 spiro atoms. The number of hydrogen-bond acceptors (Lipinski definition) is 13. The number of pyridine rings is 1. The molecule has 0 saturated carbocycles. The van der Waals surface area contributed by atoms with Gasteiger partial charge in [-0.15, -0.1) is 0 Å². The molecule has 18 heteroatoms. The van der Waals surface area contributed by atoms with Crippen LogP contribution < -0.4 is 36.0 Å². The molecule has 2 aromatic heterocycles. The Kier molecular flexibility index (Phi) is 11.8. The number of likely N-dealkylation sites (N-methyl/N-ethyl adjacent to an activating group) is 1. The lowest BCUT2D eigenvalue weighted by Gasteiger charge is -2.42. The molecule has 0 bridgehead atoms. The average molecular weight is 893 g/mol.